The summed E-state index contributed by atoms with van der Waals surface area (Å²) in [5.74, 6) is 0.707. The van der Waals surface area contributed by atoms with E-state index in [1.54, 1.807) is 0 Å². The van der Waals surface area contributed by atoms with Crippen LogP contribution >= 0.6 is 0 Å². The lowest BCUT2D eigenvalue weighted by Gasteiger charge is -2.13. The zero-order valence-corrected chi connectivity index (χ0v) is 10.8. The lowest BCUT2D eigenvalue weighted by atomic mass is 10.2. The van der Waals surface area contributed by atoms with E-state index < -0.39 is 0 Å². The zero-order chi connectivity index (χ0) is 13.2. The van der Waals surface area contributed by atoms with E-state index in [4.69, 9.17) is 20.3 Å². The number of hydrogen-bond donors (Lipinski definition) is 3. The van der Waals surface area contributed by atoms with Crippen LogP contribution in [0.4, 0.5) is 11.4 Å². The summed E-state index contributed by atoms with van der Waals surface area (Å²) in [4.78, 5) is 0. The Labute approximate surface area is 108 Å². The van der Waals surface area contributed by atoms with Crippen LogP contribution in [-0.4, -0.2) is 38.1 Å². The number of aliphatic hydroxyl groups excluding tert-OH is 1. The minimum Gasteiger partial charge on any atom is -0.492 e. The molecule has 0 saturated heterocycles. The van der Waals surface area contributed by atoms with Crippen LogP contribution in [0.5, 0.6) is 5.75 Å². The molecule has 0 aliphatic heterocycles. The largest absolute Gasteiger partial charge is 0.492 e. The molecule has 0 spiro atoms. The molecule has 1 aromatic carbocycles. The molecular weight excluding hydrogens is 232 g/mol. The van der Waals surface area contributed by atoms with Crippen molar-refractivity contribution in [2.45, 2.75) is 13.3 Å². The summed E-state index contributed by atoms with van der Waals surface area (Å²) in [5, 5.41) is 11.8. The molecule has 18 heavy (non-hydrogen) atoms. The monoisotopic (exact) mass is 254 g/mol. The van der Waals surface area contributed by atoms with Crippen molar-refractivity contribution in [3.05, 3.63) is 18.2 Å². The lowest BCUT2D eigenvalue weighted by Crippen LogP contribution is -2.09. The van der Waals surface area contributed by atoms with Gasteiger partial charge in [-0.25, -0.2) is 0 Å². The van der Waals surface area contributed by atoms with Gasteiger partial charge in [0.15, 0.2) is 0 Å². The Balaban J connectivity index is 2.35. The Kier molecular flexibility index (Phi) is 6.98. The molecule has 102 valence electrons. The topological polar surface area (TPSA) is 76.7 Å². The number of nitrogens with one attached hydrogen (secondary N) is 1. The first kappa shape index (κ1) is 14.6. The number of anilines is 2. The molecule has 0 aliphatic rings. The van der Waals surface area contributed by atoms with Gasteiger partial charge in [0.1, 0.15) is 5.75 Å². The molecule has 1 rings (SSSR count). The maximum atomic E-state index is 8.55. The number of aliphatic hydroxyl groups is 1. The fraction of sp³-hybridized carbons (Fsp3) is 0.538. The van der Waals surface area contributed by atoms with Crippen LogP contribution in [0.15, 0.2) is 18.2 Å². The van der Waals surface area contributed by atoms with Crippen molar-refractivity contribution >= 4 is 11.4 Å². The van der Waals surface area contributed by atoms with Gasteiger partial charge in [-0.1, -0.05) is 6.07 Å². The van der Waals surface area contributed by atoms with Gasteiger partial charge in [-0.2, -0.15) is 0 Å². The Morgan fingerprint density at radius 3 is 2.89 bits per heavy atom. The first-order chi connectivity index (χ1) is 8.79. The second kappa shape index (κ2) is 8.60. The second-order valence-corrected chi connectivity index (χ2v) is 3.77. The molecule has 0 atom stereocenters. The fourth-order valence-corrected chi connectivity index (χ4v) is 1.54. The number of nitrogen functional groups attached to an aromatic ring is 1. The van der Waals surface area contributed by atoms with Gasteiger partial charge < -0.3 is 25.6 Å². The molecule has 0 saturated carbocycles. The molecular formula is C13H22N2O3. The summed E-state index contributed by atoms with van der Waals surface area (Å²) < 4.78 is 10.6. The van der Waals surface area contributed by atoms with Crippen molar-refractivity contribution in [3.63, 3.8) is 0 Å². The van der Waals surface area contributed by atoms with Crippen LogP contribution in [-0.2, 0) is 4.74 Å². The standard InChI is InChI=1S/C13H22N2O3/c1-2-18-12-6-3-5-11(13(12)14)15-7-4-9-17-10-8-16/h3,5-6,15-16H,2,4,7-10,14H2,1H3. The first-order valence-corrected chi connectivity index (χ1v) is 6.23. The van der Waals surface area contributed by atoms with Gasteiger partial charge in [0, 0.05) is 13.2 Å². The van der Waals surface area contributed by atoms with Gasteiger partial charge in [-0.15, -0.1) is 0 Å². The van der Waals surface area contributed by atoms with Crippen LogP contribution in [0.2, 0.25) is 0 Å². The molecule has 0 fully saturated rings. The summed E-state index contributed by atoms with van der Waals surface area (Å²) in [6, 6.07) is 5.69. The molecule has 0 amide bonds. The van der Waals surface area contributed by atoms with Crippen molar-refractivity contribution in [1.82, 2.24) is 0 Å². The molecule has 5 nitrogen and oxygen atoms in total. The smallest absolute Gasteiger partial charge is 0.144 e. The Bertz CT molecular complexity index is 345. The normalized spacial score (nSPS) is 10.3. The third-order valence-electron chi connectivity index (χ3n) is 2.38. The summed E-state index contributed by atoms with van der Waals surface area (Å²) in [6.45, 7) is 4.38. The first-order valence-electron chi connectivity index (χ1n) is 6.23. The van der Waals surface area contributed by atoms with Gasteiger partial charge in [-0.3, -0.25) is 0 Å². The SMILES string of the molecule is CCOc1cccc(NCCCOCCO)c1N. The minimum atomic E-state index is 0.0662. The molecule has 0 bridgehead atoms. The number of para-hydroxylation sites is 1. The summed E-state index contributed by atoms with van der Waals surface area (Å²) >= 11 is 0. The van der Waals surface area contributed by atoms with Crippen LogP contribution in [0.3, 0.4) is 0 Å². The van der Waals surface area contributed by atoms with Crippen molar-refractivity contribution < 1.29 is 14.6 Å². The van der Waals surface area contributed by atoms with E-state index in [0.29, 0.717) is 31.3 Å². The fourth-order valence-electron chi connectivity index (χ4n) is 1.54. The number of benzene rings is 1. The van der Waals surface area contributed by atoms with Gasteiger partial charge >= 0.3 is 0 Å². The average molecular weight is 254 g/mol. The summed E-state index contributed by atoms with van der Waals surface area (Å²) in [6.07, 6.45) is 0.859. The summed E-state index contributed by atoms with van der Waals surface area (Å²) in [5.41, 5.74) is 7.49. The highest BCUT2D eigenvalue weighted by Crippen LogP contribution is 2.29. The van der Waals surface area contributed by atoms with Gasteiger partial charge in [-0.05, 0) is 25.5 Å². The molecule has 0 unspecified atom stereocenters. The van der Waals surface area contributed by atoms with E-state index in [1.807, 2.05) is 25.1 Å². The summed E-state index contributed by atoms with van der Waals surface area (Å²) in [7, 11) is 0. The molecule has 0 aromatic heterocycles. The van der Waals surface area contributed by atoms with Gasteiger partial charge in [0.05, 0.1) is 31.2 Å². The number of nitrogens with two attached hydrogens (primary N) is 1. The highest BCUT2D eigenvalue weighted by atomic mass is 16.5. The third-order valence-corrected chi connectivity index (χ3v) is 2.38. The zero-order valence-electron chi connectivity index (χ0n) is 10.8. The molecule has 5 heteroatoms. The molecule has 1 aromatic rings. The predicted molar refractivity (Wildman–Crippen MR) is 73.0 cm³/mol. The van der Waals surface area contributed by atoms with Crippen molar-refractivity contribution in [2.24, 2.45) is 0 Å². The third kappa shape index (κ3) is 4.81. The van der Waals surface area contributed by atoms with Crippen molar-refractivity contribution in [1.29, 1.82) is 0 Å². The van der Waals surface area contributed by atoms with Crippen LogP contribution in [0.1, 0.15) is 13.3 Å². The number of ether oxygens (including phenoxy) is 2. The maximum absolute atomic E-state index is 8.55. The highest BCUT2D eigenvalue weighted by molar-refractivity contribution is 5.72. The van der Waals surface area contributed by atoms with Gasteiger partial charge in [0.25, 0.3) is 0 Å². The molecule has 0 aliphatic carbocycles. The maximum Gasteiger partial charge on any atom is 0.144 e. The lowest BCUT2D eigenvalue weighted by molar-refractivity contribution is 0.0922. The predicted octanol–water partition coefficient (Wildman–Crippen LogP) is 1.48. The van der Waals surface area contributed by atoms with E-state index in [-0.39, 0.29) is 6.61 Å². The average Bonchev–Trinajstić information content (AvgIpc) is 2.38. The highest BCUT2D eigenvalue weighted by Gasteiger charge is 2.04. The van der Waals surface area contributed by atoms with Crippen molar-refractivity contribution in [3.8, 4) is 5.75 Å². The minimum absolute atomic E-state index is 0.0662. The molecule has 4 N–H and O–H groups in total. The Morgan fingerprint density at radius 2 is 2.17 bits per heavy atom. The molecule has 0 heterocycles. The van der Waals surface area contributed by atoms with Gasteiger partial charge in [0.2, 0.25) is 0 Å². The second-order valence-electron chi connectivity index (χ2n) is 3.77. The van der Waals surface area contributed by atoms with E-state index in [2.05, 4.69) is 5.32 Å². The quantitative estimate of drug-likeness (QED) is 0.459. The van der Waals surface area contributed by atoms with Crippen LogP contribution in [0.25, 0.3) is 0 Å². The number of hydrogen-bond acceptors (Lipinski definition) is 5. The van der Waals surface area contributed by atoms with E-state index in [1.165, 1.54) is 0 Å². The Hall–Kier alpha value is -1.46. The number of rotatable bonds is 9. The van der Waals surface area contributed by atoms with Crippen LogP contribution in [0, 0.1) is 0 Å². The van der Waals surface area contributed by atoms with E-state index in [9.17, 15) is 0 Å². The molecule has 0 radical (unpaired) electrons. The van der Waals surface area contributed by atoms with Crippen molar-refractivity contribution in [2.75, 3.05) is 44.0 Å². The Morgan fingerprint density at radius 1 is 1.33 bits per heavy atom. The van der Waals surface area contributed by atoms with E-state index >= 15 is 0 Å². The van der Waals surface area contributed by atoms with E-state index in [0.717, 1.165) is 18.7 Å². The van der Waals surface area contributed by atoms with Crippen LogP contribution < -0.4 is 15.8 Å².